The Hall–Kier alpha value is -1.45. The van der Waals surface area contributed by atoms with E-state index in [0.717, 1.165) is 0 Å². The Morgan fingerprint density at radius 2 is 1.93 bits per heavy atom. The first-order chi connectivity index (χ1) is 7.02. The first-order valence-corrected chi connectivity index (χ1v) is 4.68. The van der Waals surface area contributed by atoms with Crippen molar-refractivity contribution in [1.29, 1.82) is 0 Å². The van der Waals surface area contributed by atoms with Gasteiger partial charge in [0.05, 0.1) is 0 Å². The van der Waals surface area contributed by atoms with Crippen molar-refractivity contribution in [2.24, 2.45) is 0 Å². The van der Waals surface area contributed by atoms with Gasteiger partial charge in [0, 0.05) is 12.0 Å². The number of aliphatic carboxylic acids is 1. The fraction of sp³-hybridized carbons (Fsp3) is 0.364. The lowest BCUT2D eigenvalue weighted by Gasteiger charge is -2.12. The number of hydrogen-bond acceptors (Lipinski definition) is 1. The van der Waals surface area contributed by atoms with Crippen LogP contribution in [0.5, 0.6) is 0 Å². The van der Waals surface area contributed by atoms with Gasteiger partial charge in [-0.2, -0.15) is 0 Å². The molecule has 0 aromatic heterocycles. The van der Waals surface area contributed by atoms with E-state index >= 15 is 0 Å². The van der Waals surface area contributed by atoms with Gasteiger partial charge < -0.3 is 5.11 Å². The van der Waals surface area contributed by atoms with Gasteiger partial charge in [0.25, 0.3) is 0 Å². The molecule has 0 aliphatic carbocycles. The lowest BCUT2D eigenvalue weighted by atomic mass is 9.95. The molecule has 0 spiro atoms. The summed E-state index contributed by atoms with van der Waals surface area (Å²) in [5, 5.41) is 8.46. The molecule has 4 heteroatoms. The predicted molar refractivity (Wildman–Crippen MR) is 51.6 cm³/mol. The highest BCUT2D eigenvalue weighted by Gasteiger charge is 2.16. The molecule has 0 fully saturated rings. The molecule has 82 valence electrons. The summed E-state index contributed by atoms with van der Waals surface area (Å²) >= 11 is 0. The van der Waals surface area contributed by atoms with E-state index in [9.17, 15) is 13.6 Å². The average molecular weight is 214 g/mol. The van der Waals surface area contributed by atoms with Crippen LogP contribution in [0.2, 0.25) is 0 Å². The van der Waals surface area contributed by atoms with E-state index in [4.69, 9.17) is 5.11 Å². The van der Waals surface area contributed by atoms with E-state index in [2.05, 4.69) is 0 Å². The molecule has 1 unspecified atom stereocenters. The molecule has 15 heavy (non-hydrogen) atoms. The molecule has 2 nitrogen and oxygen atoms in total. The molecule has 0 heterocycles. The van der Waals surface area contributed by atoms with Crippen LogP contribution >= 0.6 is 0 Å². The van der Waals surface area contributed by atoms with E-state index < -0.39 is 23.5 Å². The number of halogens is 2. The highest BCUT2D eigenvalue weighted by atomic mass is 19.1. The molecule has 0 amide bonds. The van der Waals surface area contributed by atoms with Gasteiger partial charge in [0.15, 0.2) is 0 Å². The Bertz CT molecular complexity index is 343. The number of carboxylic acid groups (broad SMARTS) is 1. The molecule has 0 aliphatic heterocycles. The summed E-state index contributed by atoms with van der Waals surface area (Å²) in [5.41, 5.74) is -0.0289. The molecule has 1 atom stereocenters. The molecule has 1 aromatic rings. The summed E-state index contributed by atoms with van der Waals surface area (Å²) in [7, 11) is 0. The van der Waals surface area contributed by atoms with Gasteiger partial charge in [0.2, 0.25) is 0 Å². The highest BCUT2D eigenvalue weighted by Crippen LogP contribution is 2.25. The van der Waals surface area contributed by atoms with Crippen LogP contribution in [-0.2, 0) is 4.79 Å². The van der Waals surface area contributed by atoms with Crippen molar-refractivity contribution in [2.75, 3.05) is 0 Å². The Morgan fingerprint density at radius 1 is 1.40 bits per heavy atom. The molecule has 0 saturated carbocycles. The van der Waals surface area contributed by atoms with Gasteiger partial charge in [-0.3, -0.25) is 4.79 Å². The molecule has 1 N–H and O–H groups in total. The lowest BCUT2D eigenvalue weighted by molar-refractivity contribution is -0.137. The van der Waals surface area contributed by atoms with Crippen molar-refractivity contribution in [3.63, 3.8) is 0 Å². The van der Waals surface area contributed by atoms with Gasteiger partial charge in [-0.15, -0.1) is 0 Å². The largest absolute Gasteiger partial charge is 0.481 e. The van der Waals surface area contributed by atoms with Gasteiger partial charge >= 0.3 is 5.97 Å². The molecule has 0 aliphatic rings. The predicted octanol–water partition coefficient (Wildman–Crippen LogP) is 2.93. The number of carbonyl (C=O) groups is 1. The smallest absolute Gasteiger partial charge is 0.303 e. The summed E-state index contributed by atoms with van der Waals surface area (Å²) < 4.78 is 26.5. The highest BCUT2D eigenvalue weighted by molar-refractivity contribution is 5.66. The Balaban J connectivity index is 2.81. The zero-order valence-corrected chi connectivity index (χ0v) is 8.34. The second-order valence-corrected chi connectivity index (χ2v) is 3.47. The molecule has 0 bridgehead atoms. The molecule has 0 saturated heterocycles. The van der Waals surface area contributed by atoms with Gasteiger partial charge in [-0.25, -0.2) is 8.78 Å². The van der Waals surface area contributed by atoms with Gasteiger partial charge in [-0.1, -0.05) is 13.0 Å². The monoisotopic (exact) mass is 214 g/mol. The first kappa shape index (κ1) is 11.6. The number of hydrogen-bond donors (Lipinski definition) is 1. The SMILES string of the molecule is CC(CCC(=O)O)c1c(F)cccc1F. The van der Waals surface area contributed by atoms with Crippen LogP contribution in [0.15, 0.2) is 18.2 Å². The third-order valence-corrected chi connectivity index (χ3v) is 2.28. The minimum atomic E-state index is -0.960. The van der Waals surface area contributed by atoms with Crippen molar-refractivity contribution in [2.45, 2.75) is 25.7 Å². The number of carboxylic acids is 1. The molecule has 0 radical (unpaired) electrons. The second kappa shape index (κ2) is 4.87. The third-order valence-electron chi connectivity index (χ3n) is 2.28. The summed E-state index contributed by atoms with van der Waals surface area (Å²) in [5.74, 6) is -2.62. The minimum Gasteiger partial charge on any atom is -0.481 e. The van der Waals surface area contributed by atoms with Crippen LogP contribution in [0, 0.1) is 11.6 Å². The van der Waals surface area contributed by atoms with Crippen LogP contribution in [0.3, 0.4) is 0 Å². The molecule has 1 aromatic carbocycles. The van der Waals surface area contributed by atoms with E-state index in [-0.39, 0.29) is 18.4 Å². The summed E-state index contributed by atoms with van der Waals surface area (Å²) in [6.45, 7) is 1.62. The summed E-state index contributed by atoms with van der Waals surface area (Å²) in [6, 6.07) is 3.64. The van der Waals surface area contributed by atoms with Crippen molar-refractivity contribution in [3.8, 4) is 0 Å². The van der Waals surface area contributed by atoms with E-state index in [0.29, 0.717) is 0 Å². The first-order valence-electron chi connectivity index (χ1n) is 4.68. The normalized spacial score (nSPS) is 12.5. The maximum atomic E-state index is 13.2. The minimum absolute atomic E-state index is 0.0289. The van der Waals surface area contributed by atoms with E-state index in [1.165, 1.54) is 18.2 Å². The fourth-order valence-corrected chi connectivity index (χ4v) is 1.47. The number of rotatable bonds is 4. The maximum Gasteiger partial charge on any atom is 0.303 e. The lowest BCUT2D eigenvalue weighted by Crippen LogP contribution is -2.04. The van der Waals surface area contributed by atoms with Crippen molar-refractivity contribution in [1.82, 2.24) is 0 Å². The Labute approximate surface area is 86.5 Å². The maximum absolute atomic E-state index is 13.2. The van der Waals surface area contributed by atoms with Crippen LogP contribution in [-0.4, -0.2) is 11.1 Å². The van der Waals surface area contributed by atoms with Crippen LogP contribution < -0.4 is 0 Å². The Morgan fingerprint density at radius 3 is 2.40 bits per heavy atom. The fourth-order valence-electron chi connectivity index (χ4n) is 1.47. The summed E-state index contributed by atoms with van der Waals surface area (Å²) in [4.78, 5) is 10.3. The van der Waals surface area contributed by atoms with Gasteiger partial charge in [0.1, 0.15) is 11.6 Å². The van der Waals surface area contributed by atoms with E-state index in [1.54, 1.807) is 6.92 Å². The van der Waals surface area contributed by atoms with E-state index in [1.807, 2.05) is 0 Å². The molecular formula is C11H12F2O2. The quantitative estimate of drug-likeness (QED) is 0.836. The topological polar surface area (TPSA) is 37.3 Å². The standard InChI is InChI=1S/C11H12F2O2/c1-7(5-6-10(14)15)11-8(12)3-2-4-9(11)13/h2-4,7H,5-6H2,1H3,(H,14,15). The van der Waals surface area contributed by atoms with Crippen LogP contribution in [0.25, 0.3) is 0 Å². The zero-order valence-electron chi connectivity index (χ0n) is 8.34. The van der Waals surface area contributed by atoms with Crippen LogP contribution in [0.4, 0.5) is 8.78 Å². The number of benzene rings is 1. The van der Waals surface area contributed by atoms with Crippen molar-refractivity contribution in [3.05, 3.63) is 35.4 Å². The van der Waals surface area contributed by atoms with Crippen molar-refractivity contribution < 1.29 is 18.7 Å². The van der Waals surface area contributed by atoms with Crippen molar-refractivity contribution >= 4 is 5.97 Å². The molecular weight excluding hydrogens is 202 g/mol. The van der Waals surface area contributed by atoms with Gasteiger partial charge in [-0.05, 0) is 24.5 Å². The Kier molecular flexibility index (Phi) is 3.77. The zero-order chi connectivity index (χ0) is 11.4. The molecule has 1 rings (SSSR count). The second-order valence-electron chi connectivity index (χ2n) is 3.47. The van der Waals surface area contributed by atoms with Crippen LogP contribution in [0.1, 0.15) is 31.2 Å². The third kappa shape index (κ3) is 3.01. The summed E-state index contributed by atoms with van der Waals surface area (Å²) in [6.07, 6.45) is 0.141. The average Bonchev–Trinajstić information content (AvgIpc) is 2.14.